The minimum absolute atomic E-state index is 0.153. The van der Waals surface area contributed by atoms with Crippen LogP contribution in [0.5, 0.6) is 0 Å². The van der Waals surface area contributed by atoms with Crippen molar-refractivity contribution in [3.05, 3.63) is 76.9 Å². The highest BCUT2D eigenvalue weighted by Crippen LogP contribution is 2.38. The maximum absolute atomic E-state index is 14.8. The number of ether oxygens (including phenoxy) is 1. The van der Waals surface area contributed by atoms with Gasteiger partial charge in [0.25, 0.3) is 5.91 Å². The number of aliphatic hydroxyl groups is 1. The number of benzene rings is 1. The summed E-state index contributed by atoms with van der Waals surface area (Å²) in [7, 11) is 0. The Hall–Kier alpha value is -3.67. The molecule has 3 heterocycles. The quantitative estimate of drug-likeness (QED) is 0.288. The van der Waals surface area contributed by atoms with Crippen molar-refractivity contribution in [2.24, 2.45) is 5.73 Å². The smallest absolute Gasteiger partial charge is 0.251 e. The molecule has 0 spiro atoms. The second-order valence-corrected chi connectivity index (χ2v) is 8.78. The van der Waals surface area contributed by atoms with E-state index in [-0.39, 0.29) is 18.8 Å². The van der Waals surface area contributed by atoms with Gasteiger partial charge in [-0.05, 0) is 36.2 Å². The van der Waals surface area contributed by atoms with Gasteiger partial charge in [0.15, 0.2) is 0 Å². The van der Waals surface area contributed by atoms with Gasteiger partial charge in [0.05, 0.1) is 24.0 Å². The first-order valence-corrected chi connectivity index (χ1v) is 11.7. The molecule has 0 bridgehead atoms. The number of aliphatic hydroxyl groups excluding tert-OH is 1. The summed E-state index contributed by atoms with van der Waals surface area (Å²) in [5.74, 6) is 0.161. The Morgan fingerprint density at radius 1 is 1.26 bits per heavy atom. The molecule has 4 N–H and O–H groups in total. The number of aromatic nitrogens is 3. The molecule has 35 heavy (non-hydrogen) atoms. The molecule has 0 fully saturated rings. The summed E-state index contributed by atoms with van der Waals surface area (Å²) in [4.78, 5) is 17.1. The number of halogens is 1. The Labute approximate surface area is 204 Å². The fourth-order valence-corrected chi connectivity index (χ4v) is 4.46. The van der Waals surface area contributed by atoms with Gasteiger partial charge >= 0.3 is 0 Å². The van der Waals surface area contributed by atoms with Crippen molar-refractivity contribution < 1.29 is 23.4 Å². The van der Waals surface area contributed by atoms with Gasteiger partial charge in [-0.1, -0.05) is 25.1 Å². The number of carbonyl (C=O) groups is 1. The van der Waals surface area contributed by atoms with Crippen LogP contribution in [0.4, 0.5) is 15.2 Å². The van der Waals surface area contributed by atoms with Gasteiger partial charge in [0, 0.05) is 17.4 Å². The summed E-state index contributed by atoms with van der Waals surface area (Å²) < 4.78 is 25.7. The van der Waals surface area contributed by atoms with E-state index in [4.69, 9.17) is 14.9 Å². The summed E-state index contributed by atoms with van der Waals surface area (Å²) in [5.41, 5.74) is 7.24. The van der Waals surface area contributed by atoms with Crippen molar-refractivity contribution in [1.29, 1.82) is 0 Å². The van der Waals surface area contributed by atoms with E-state index >= 15 is 0 Å². The fourth-order valence-electron chi connectivity index (χ4n) is 3.36. The minimum atomic E-state index is -0.737. The number of carbonyl (C=O) groups excluding carboxylic acids is 1. The Bertz CT molecular complexity index is 1340. The minimum Gasteiger partial charge on any atom is -0.423 e. The molecule has 0 radical (unpaired) electrons. The molecule has 1 aromatic carbocycles. The Morgan fingerprint density at radius 3 is 2.77 bits per heavy atom. The molecule has 4 aromatic rings. The standard InChI is InChI=1S/C24H24FN5O4S/c1-3-19(31)14-7-8-16(18(25)9-14)20-10-17(23(26)32)24(35-20)28-21-6-4-5-15(27-21)11-33-12-22-30-29-13(2)34-22/h4-10,19,31H,3,11-12H2,1-2H3,(H2,26,32)(H,27,28). The molecule has 0 saturated carbocycles. The monoisotopic (exact) mass is 497 g/mol. The maximum atomic E-state index is 14.8. The molecule has 1 amide bonds. The van der Waals surface area contributed by atoms with Crippen LogP contribution in [0, 0.1) is 12.7 Å². The number of anilines is 2. The zero-order chi connectivity index (χ0) is 24.9. The molecule has 3 aromatic heterocycles. The molecule has 1 unspecified atom stereocenters. The van der Waals surface area contributed by atoms with E-state index in [2.05, 4.69) is 20.5 Å². The van der Waals surface area contributed by atoms with E-state index in [0.717, 1.165) is 0 Å². The van der Waals surface area contributed by atoms with Crippen LogP contribution in [0.1, 0.15) is 52.8 Å². The van der Waals surface area contributed by atoms with Crippen LogP contribution in [0.25, 0.3) is 10.4 Å². The second-order valence-electron chi connectivity index (χ2n) is 7.73. The van der Waals surface area contributed by atoms with Crippen LogP contribution < -0.4 is 11.1 Å². The molecule has 0 aliphatic rings. The first kappa shape index (κ1) is 24.5. The third-order valence-electron chi connectivity index (χ3n) is 5.12. The molecule has 0 aliphatic carbocycles. The number of rotatable bonds is 10. The number of pyridine rings is 1. The van der Waals surface area contributed by atoms with Crippen LogP contribution in [0.15, 0.2) is 46.9 Å². The zero-order valence-corrected chi connectivity index (χ0v) is 19.9. The average molecular weight is 498 g/mol. The van der Waals surface area contributed by atoms with Crippen molar-refractivity contribution in [2.75, 3.05) is 5.32 Å². The van der Waals surface area contributed by atoms with Gasteiger partial charge in [-0.2, -0.15) is 0 Å². The third kappa shape index (κ3) is 5.88. The lowest BCUT2D eigenvalue weighted by Gasteiger charge is -2.09. The summed E-state index contributed by atoms with van der Waals surface area (Å²) >= 11 is 1.18. The predicted molar refractivity (Wildman–Crippen MR) is 129 cm³/mol. The van der Waals surface area contributed by atoms with E-state index < -0.39 is 17.8 Å². The van der Waals surface area contributed by atoms with Crippen LogP contribution in [-0.4, -0.2) is 26.2 Å². The molecule has 0 saturated heterocycles. The molecular weight excluding hydrogens is 473 g/mol. The van der Waals surface area contributed by atoms with Crippen LogP contribution in [0.3, 0.4) is 0 Å². The van der Waals surface area contributed by atoms with Crippen molar-refractivity contribution in [3.63, 3.8) is 0 Å². The molecule has 9 nitrogen and oxygen atoms in total. The van der Waals surface area contributed by atoms with Gasteiger partial charge in [-0.3, -0.25) is 4.79 Å². The maximum Gasteiger partial charge on any atom is 0.251 e. The Kier molecular flexibility index (Phi) is 7.49. The van der Waals surface area contributed by atoms with E-state index in [1.165, 1.54) is 17.4 Å². The summed E-state index contributed by atoms with van der Waals surface area (Å²) in [6.45, 7) is 3.87. The van der Waals surface area contributed by atoms with Crippen molar-refractivity contribution >= 4 is 28.1 Å². The first-order chi connectivity index (χ1) is 16.8. The highest BCUT2D eigenvalue weighted by atomic mass is 32.1. The second kappa shape index (κ2) is 10.7. The topological polar surface area (TPSA) is 136 Å². The lowest BCUT2D eigenvalue weighted by molar-refractivity contribution is 0.0867. The number of nitrogens with zero attached hydrogens (tertiary/aromatic N) is 3. The largest absolute Gasteiger partial charge is 0.423 e. The lowest BCUT2D eigenvalue weighted by Crippen LogP contribution is -2.11. The SMILES string of the molecule is CCC(O)c1ccc(-c2cc(C(N)=O)c(Nc3cccc(COCc4nnc(C)o4)n3)s2)c(F)c1. The molecule has 1 atom stereocenters. The third-order valence-corrected chi connectivity index (χ3v) is 6.20. The first-order valence-electron chi connectivity index (χ1n) is 10.8. The van der Waals surface area contributed by atoms with E-state index in [9.17, 15) is 14.3 Å². The molecule has 0 aliphatic heterocycles. The lowest BCUT2D eigenvalue weighted by atomic mass is 10.0. The summed E-state index contributed by atoms with van der Waals surface area (Å²) in [6, 6.07) is 11.4. The molecule has 182 valence electrons. The van der Waals surface area contributed by atoms with Gasteiger partial charge in [0.2, 0.25) is 11.8 Å². The molecular formula is C24H24FN5O4S. The summed E-state index contributed by atoms with van der Waals surface area (Å²) in [5, 5.41) is 21.1. The number of hydrogen-bond donors (Lipinski definition) is 3. The number of thiophene rings is 1. The molecule has 4 rings (SSSR count). The number of nitrogens with one attached hydrogen (secondary N) is 1. The number of nitrogens with two attached hydrogens (primary N) is 1. The van der Waals surface area contributed by atoms with Crippen molar-refractivity contribution in [1.82, 2.24) is 15.2 Å². The van der Waals surface area contributed by atoms with Crippen LogP contribution >= 0.6 is 11.3 Å². The van der Waals surface area contributed by atoms with Gasteiger partial charge in [-0.15, -0.1) is 21.5 Å². The van der Waals surface area contributed by atoms with E-state index in [1.807, 2.05) is 6.92 Å². The normalized spacial score (nSPS) is 12.0. The highest BCUT2D eigenvalue weighted by molar-refractivity contribution is 7.19. The Morgan fingerprint density at radius 2 is 2.09 bits per heavy atom. The van der Waals surface area contributed by atoms with Gasteiger partial charge in [-0.25, -0.2) is 9.37 Å². The van der Waals surface area contributed by atoms with Crippen LogP contribution in [-0.2, 0) is 18.0 Å². The fraction of sp³-hybridized carbons (Fsp3) is 0.250. The van der Waals surface area contributed by atoms with Crippen molar-refractivity contribution in [2.45, 2.75) is 39.6 Å². The summed E-state index contributed by atoms with van der Waals surface area (Å²) in [6.07, 6.45) is -0.260. The Balaban J connectivity index is 1.51. The number of primary amides is 1. The number of amides is 1. The van der Waals surface area contributed by atoms with Gasteiger partial charge < -0.3 is 25.3 Å². The van der Waals surface area contributed by atoms with E-state index in [1.54, 1.807) is 43.3 Å². The average Bonchev–Trinajstić information content (AvgIpc) is 3.44. The molecule has 11 heteroatoms. The number of hydrogen-bond acceptors (Lipinski definition) is 9. The van der Waals surface area contributed by atoms with Crippen molar-refractivity contribution in [3.8, 4) is 10.4 Å². The van der Waals surface area contributed by atoms with E-state index in [0.29, 0.717) is 50.7 Å². The zero-order valence-electron chi connectivity index (χ0n) is 19.1. The van der Waals surface area contributed by atoms with Crippen LogP contribution in [0.2, 0.25) is 0 Å². The number of aryl methyl sites for hydroxylation is 1. The van der Waals surface area contributed by atoms with Gasteiger partial charge in [0.1, 0.15) is 23.2 Å². The highest BCUT2D eigenvalue weighted by Gasteiger charge is 2.18. The predicted octanol–water partition coefficient (Wildman–Crippen LogP) is 4.64.